The topological polar surface area (TPSA) is 59.9 Å². The van der Waals surface area contributed by atoms with Crippen molar-refractivity contribution in [3.8, 4) is 0 Å². The van der Waals surface area contributed by atoms with Crippen molar-refractivity contribution in [1.82, 2.24) is 9.36 Å². The molecule has 0 fully saturated rings. The molecule has 1 aromatic heterocycles. The minimum atomic E-state index is -3.50. The summed E-state index contributed by atoms with van der Waals surface area (Å²) >= 11 is 3.88. The highest BCUT2D eigenvalue weighted by Gasteiger charge is 2.21. The Balaban J connectivity index is 2.54. The lowest BCUT2D eigenvalue weighted by atomic mass is 10.4. The van der Waals surface area contributed by atoms with Gasteiger partial charge < -0.3 is 0 Å². The number of hydrogen-bond donors (Lipinski definition) is 0. The molecule has 0 spiro atoms. The van der Waals surface area contributed by atoms with E-state index >= 15 is 0 Å². The predicted molar refractivity (Wildman–Crippen MR) is 59.5 cm³/mol. The molecule has 7 heteroatoms. The standard InChI is InChI=1S/C8H5BrN2O2S2/c9-7-10-8(14-11-7)15(12,13)6-4-2-1-3-5-6/h1-5H. The van der Waals surface area contributed by atoms with Crippen LogP contribution in [0.5, 0.6) is 0 Å². The second kappa shape index (κ2) is 3.99. The molecule has 0 atom stereocenters. The highest BCUT2D eigenvalue weighted by Crippen LogP contribution is 2.23. The first kappa shape index (κ1) is 10.7. The van der Waals surface area contributed by atoms with Crippen LogP contribution in [0.1, 0.15) is 0 Å². The van der Waals surface area contributed by atoms with E-state index in [-0.39, 0.29) is 9.24 Å². The van der Waals surface area contributed by atoms with Crippen molar-refractivity contribution >= 4 is 37.3 Å². The number of rotatable bonds is 2. The predicted octanol–water partition coefficient (Wildman–Crippen LogP) is 2.13. The molecule has 1 aromatic carbocycles. The van der Waals surface area contributed by atoms with Gasteiger partial charge in [-0.1, -0.05) is 18.2 Å². The summed E-state index contributed by atoms with van der Waals surface area (Å²) < 4.78 is 27.9. The summed E-state index contributed by atoms with van der Waals surface area (Å²) in [6.45, 7) is 0. The molecule has 2 rings (SSSR count). The van der Waals surface area contributed by atoms with Gasteiger partial charge in [-0.25, -0.2) is 8.42 Å². The van der Waals surface area contributed by atoms with Crippen LogP contribution in [0.15, 0.2) is 44.3 Å². The van der Waals surface area contributed by atoms with Crippen LogP contribution >= 0.6 is 27.5 Å². The van der Waals surface area contributed by atoms with Gasteiger partial charge in [-0.05, 0) is 39.6 Å². The highest BCUT2D eigenvalue weighted by atomic mass is 79.9. The second-order valence-electron chi connectivity index (χ2n) is 2.65. The van der Waals surface area contributed by atoms with Crippen molar-refractivity contribution in [2.75, 3.05) is 0 Å². The molecule has 0 radical (unpaired) electrons. The van der Waals surface area contributed by atoms with Crippen LogP contribution < -0.4 is 0 Å². The maximum atomic E-state index is 11.9. The van der Waals surface area contributed by atoms with Crippen molar-refractivity contribution in [3.63, 3.8) is 0 Å². The summed E-state index contributed by atoms with van der Waals surface area (Å²) in [5, 5.41) is 0. The van der Waals surface area contributed by atoms with Gasteiger partial charge in [-0.3, -0.25) is 0 Å². The Kier molecular flexibility index (Phi) is 2.85. The molecule has 0 aliphatic rings. The summed E-state index contributed by atoms with van der Waals surface area (Å²) in [5.41, 5.74) is 0. The average Bonchev–Trinajstić information content (AvgIpc) is 2.67. The smallest absolute Gasteiger partial charge is 0.216 e. The van der Waals surface area contributed by atoms with E-state index in [1.165, 1.54) is 12.1 Å². The van der Waals surface area contributed by atoms with E-state index in [2.05, 4.69) is 25.3 Å². The molecule has 0 saturated heterocycles. The van der Waals surface area contributed by atoms with Crippen LogP contribution in [0.25, 0.3) is 0 Å². The Labute approximate surface area is 99.2 Å². The first-order valence-electron chi connectivity index (χ1n) is 3.90. The molecule has 0 saturated carbocycles. The Bertz CT molecular complexity index is 565. The summed E-state index contributed by atoms with van der Waals surface area (Å²) in [7, 11) is -3.50. The number of sulfone groups is 1. The third-order valence-corrected chi connectivity index (χ3v) is 5.09. The Morgan fingerprint density at radius 2 is 1.87 bits per heavy atom. The lowest BCUT2D eigenvalue weighted by Gasteiger charge is -1.98. The number of halogens is 1. The molecule has 0 unspecified atom stereocenters. The molecular weight excluding hydrogens is 300 g/mol. The van der Waals surface area contributed by atoms with Gasteiger partial charge in [0.25, 0.3) is 0 Å². The van der Waals surface area contributed by atoms with Crippen LogP contribution in [-0.4, -0.2) is 17.8 Å². The van der Waals surface area contributed by atoms with Crippen molar-refractivity contribution in [1.29, 1.82) is 0 Å². The van der Waals surface area contributed by atoms with Gasteiger partial charge in [-0.2, -0.15) is 9.36 Å². The third kappa shape index (κ3) is 2.09. The van der Waals surface area contributed by atoms with Gasteiger partial charge in [-0.15, -0.1) is 0 Å². The first-order chi connectivity index (χ1) is 7.10. The Morgan fingerprint density at radius 3 is 2.40 bits per heavy atom. The van der Waals surface area contributed by atoms with Crippen LogP contribution in [0.2, 0.25) is 0 Å². The maximum Gasteiger partial charge on any atom is 0.235 e. The van der Waals surface area contributed by atoms with E-state index in [4.69, 9.17) is 0 Å². The van der Waals surface area contributed by atoms with Gasteiger partial charge in [0, 0.05) is 0 Å². The third-order valence-electron chi connectivity index (χ3n) is 1.67. The van der Waals surface area contributed by atoms with Gasteiger partial charge in [0.05, 0.1) is 4.90 Å². The molecular formula is C8H5BrN2O2S2. The lowest BCUT2D eigenvalue weighted by Crippen LogP contribution is -2.00. The zero-order chi connectivity index (χ0) is 10.9. The normalized spacial score (nSPS) is 11.5. The zero-order valence-electron chi connectivity index (χ0n) is 7.29. The van der Waals surface area contributed by atoms with Gasteiger partial charge in [0.2, 0.25) is 18.9 Å². The minimum Gasteiger partial charge on any atom is -0.216 e. The maximum absolute atomic E-state index is 11.9. The van der Waals surface area contributed by atoms with Crippen LogP contribution in [-0.2, 0) is 9.84 Å². The number of hydrogen-bond acceptors (Lipinski definition) is 5. The summed E-state index contributed by atoms with van der Waals surface area (Å²) in [6, 6.07) is 8.16. The molecule has 0 bridgehead atoms. The molecule has 1 heterocycles. The zero-order valence-corrected chi connectivity index (χ0v) is 10.5. The Morgan fingerprint density at radius 1 is 1.20 bits per heavy atom. The van der Waals surface area contributed by atoms with Crippen molar-refractivity contribution in [2.45, 2.75) is 9.24 Å². The van der Waals surface area contributed by atoms with Crippen molar-refractivity contribution in [3.05, 3.63) is 35.1 Å². The number of nitrogens with zero attached hydrogens (tertiary/aromatic N) is 2. The molecule has 15 heavy (non-hydrogen) atoms. The fraction of sp³-hybridized carbons (Fsp3) is 0. The van der Waals surface area contributed by atoms with Crippen LogP contribution in [0.3, 0.4) is 0 Å². The van der Waals surface area contributed by atoms with E-state index in [0.29, 0.717) is 4.73 Å². The number of aromatic nitrogens is 2. The van der Waals surface area contributed by atoms with E-state index in [9.17, 15) is 8.42 Å². The molecule has 0 N–H and O–H groups in total. The van der Waals surface area contributed by atoms with Crippen molar-refractivity contribution in [2.24, 2.45) is 0 Å². The van der Waals surface area contributed by atoms with Gasteiger partial charge >= 0.3 is 0 Å². The lowest BCUT2D eigenvalue weighted by molar-refractivity contribution is 0.595. The Hall–Kier alpha value is -0.790. The molecule has 0 aliphatic heterocycles. The summed E-state index contributed by atoms with van der Waals surface area (Å²) in [5.74, 6) is 0. The first-order valence-corrected chi connectivity index (χ1v) is 6.95. The van der Waals surface area contributed by atoms with E-state index in [1.807, 2.05) is 0 Å². The largest absolute Gasteiger partial charge is 0.235 e. The summed E-state index contributed by atoms with van der Waals surface area (Å²) in [6.07, 6.45) is 0. The van der Waals surface area contributed by atoms with E-state index < -0.39 is 9.84 Å². The summed E-state index contributed by atoms with van der Waals surface area (Å²) in [4.78, 5) is 4.03. The quantitative estimate of drug-likeness (QED) is 0.853. The average molecular weight is 305 g/mol. The molecule has 0 aliphatic carbocycles. The molecule has 78 valence electrons. The van der Waals surface area contributed by atoms with Gasteiger partial charge in [0.15, 0.2) is 0 Å². The van der Waals surface area contributed by atoms with E-state index in [0.717, 1.165) is 11.5 Å². The van der Waals surface area contributed by atoms with Crippen molar-refractivity contribution < 1.29 is 8.42 Å². The monoisotopic (exact) mass is 304 g/mol. The second-order valence-corrected chi connectivity index (χ2v) is 6.23. The fourth-order valence-electron chi connectivity index (χ4n) is 1.00. The highest BCUT2D eigenvalue weighted by molar-refractivity contribution is 9.10. The van der Waals surface area contributed by atoms with Crippen LogP contribution in [0.4, 0.5) is 0 Å². The minimum absolute atomic E-state index is 0.000532. The van der Waals surface area contributed by atoms with Crippen LogP contribution in [0, 0.1) is 0 Å². The van der Waals surface area contributed by atoms with Gasteiger partial charge in [0.1, 0.15) is 0 Å². The van der Waals surface area contributed by atoms with E-state index in [1.54, 1.807) is 18.2 Å². The fourth-order valence-corrected chi connectivity index (χ4v) is 3.67. The number of benzene rings is 1. The molecule has 4 nitrogen and oxygen atoms in total. The molecule has 2 aromatic rings. The molecule has 0 amide bonds. The SMILES string of the molecule is O=S(=O)(c1ccccc1)c1nc(Br)ns1.